The number of benzene rings is 2. The van der Waals surface area contributed by atoms with Crippen molar-refractivity contribution < 1.29 is 14.1 Å². The van der Waals surface area contributed by atoms with Gasteiger partial charge in [0.1, 0.15) is 5.75 Å². The number of hydrogen-bond donors (Lipinski definition) is 1. The SMILES string of the molecule is CCCCN1C(=O)NC(c2ccc(OCC)cc2)C(c2nc(-c3ccccc3)no2)=C1C. The molecule has 1 unspecified atom stereocenters. The lowest BCUT2D eigenvalue weighted by Crippen LogP contribution is -2.46. The van der Waals surface area contributed by atoms with Crippen molar-refractivity contribution in [3.05, 3.63) is 71.7 Å². The van der Waals surface area contributed by atoms with Gasteiger partial charge < -0.3 is 14.6 Å². The summed E-state index contributed by atoms with van der Waals surface area (Å²) in [6.07, 6.45) is 1.90. The molecule has 0 saturated heterocycles. The molecule has 0 fully saturated rings. The molecule has 1 N–H and O–H groups in total. The Kier molecular flexibility index (Phi) is 6.54. The van der Waals surface area contributed by atoms with Crippen molar-refractivity contribution in [1.29, 1.82) is 0 Å². The van der Waals surface area contributed by atoms with Gasteiger partial charge in [0.25, 0.3) is 5.89 Å². The second-order valence-electron chi connectivity index (χ2n) is 7.68. The summed E-state index contributed by atoms with van der Waals surface area (Å²) in [6, 6.07) is 16.9. The number of ether oxygens (including phenoxy) is 1. The van der Waals surface area contributed by atoms with Gasteiger partial charge in [0.15, 0.2) is 0 Å². The van der Waals surface area contributed by atoms with Gasteiger partial charge in [-0.3, -0.25) is 4.90 Å². The molecule has 2 amide bonds. The zero-order valence-corrected chi connectivity index (χ0v) is 18.7. The summed E-state index contributed by atoms with van der Waals surface area (Å²) < 4.78 is 11.3. The summed E-state index contributed by atoms with van der Waals surface area (Å²) in [6.45, 7) is 7.23. The third-order valence-corrected chi connectivity index (χ3v) is 5.54. The molecule has 2 heterocycles. The van der Waals surface area contributed by atoms with Crippen molar-refractivity contribution in [2.75, 3.05) is 13.2 Å². The van der Waals surface area contributed by atoms with E-state index in [0.717, 1.165) is 41.0 Å². The van der Waals surface area contributed by atoms with Crippen LogP contribution in [0.2, 0.25) is 0 Å². The summed E-state index contributed by atoms with van der Waals surface area (Å²) in [5.41, 5.74) is 3.43. The van der Waals surface area contributed by atoms with Crippen LogP contribution in [0.5, 0.6) is 5.75 Å². The van der Waals surface area contributed by atoms with Crippen LogP contribution in [0.25, 0.3) is 17.0 Å². The smallest absolute Gasteiger partial charge is 0.322 e. The second kappa shape index (κ2) is 9.68. The van der Waals surface area contributed by atoms with Crippen LogP contribution in [0.1, 0.15) is 51.1 Å². The average molecular weight is 433 g/mol. The molecule has 32 heavy (non-hydrogen) atoms. The number of nitrogens with zero attached hydrogens (tertiary/aromatic N) is 3. The molecule has 3 aromatic rings. The molecule has 7 nitrogen and oxygen atoms in total. The predicted octanol–water partition coefficient (Wildman–Crippen LogP) is 5.43. The molecule has 1 aliphatic rings. The number of carbonyl (C=O) groups excluding carboxylic acids is 1. The minimum absolute atomic E-state index is 0.124. The van der Waals surface area contributed by atoms with E-state index in [-0.39, 0.29) is 6.03 Å². The van der Waals surface area contributed by atoms with Crippen LogP contribution in [-0.2, 0) is 0 Å². The Morgan fingerprint density at radius 2 is 1.84 bits per heavy atom. The number of urea groups is 1. The van der Waals surface area contributed by atoms with Gasteiger partial charge >= 0.3 is 6.03 Å². The molecule has 0 bridgehead atoms. The Hall–Kier alpha value is -3.61. The van der Waals surface area contributed by atoms with Crippen LogP contribution < -0.4 is 10.1 Å². The van der Waals surface area contributed by atoms with Gasteiger partial charge in [-0.2, -0.15) is 4.98 Å². The van der Waals surface area contributed by atoms with E-state index in [0.29, 0.717) is 24.9 Å². The lowest BCUT2D eigenvalue weighted by Gasteiger charge is -2.35. The highest BCUT2D eigenvalue weighted by Crippen LogP contribution is 2.37. The Labute approximate surface area is 188 Å². The number of allylic oxidation sites excluding steroid dienone is 1. The number of aromatic nitrogens is 2. The van der Waals surface area contributed by atoms with Crippen molar-refractivity contribution in [2.24, 2.45) is 0 Å². The molecule has 7 heteroatoms. The number of hydrogen-bond acceptors (Lipinski definition) is 5. The van der Waals surface area contributed by atoms with E-state index in [1.54, 1.807) is 4.90 Å². The van der Waals surface area contributed by atoms with Gasteiger partial charge in [0, 0.05) is 17.8 Å². The number of carbonyl (C=O) groups is 1. The normalized spacial score (nSPS) is 16.3. The maximum atomic E-state index is 13.0. The van der Waals surface area contributed by atoms with Crippen molar-refractivity contribution in [2.45, 2.75) is 39.7 Å². The fourth-order valence-electron chi connectivity index (χ4n) is 3.85. The third-order valence-electron chi connectivity index (χ3n) is 5.54. The lowest BCUT2D eigenvalue weighted by atomic mass is 9.94. The molecule has 4 rings (SSSR count). The minimum atomic E-state index is -0.403. The van der Waals surface area contributed by atoms with Crippen LogP contribution in [-0.4, -0.2) is 34.2 Å². The standard InChI is InChI=1S/C25H28N4O3/c1-4-6-16-29-17(3)21(24-27-23(28-32-24)19-10-8-7-9-11-19)22(26-25(29)30)18-12-14-20(15-13-18)31-5-2/h7-15,22H,4-6,16H2,1-3H3,(H,26,30). The third kappa shape index (κ3) is 4.37. The first-order valence-corrected chi connectivity index (χ1v) is 11.0. The maximum absolute atomic E-state index is 13.0. The first-order chi connectivity index (χ1) is 15.6. The van der Waals surface area contributed by atoms with Crippen LogP contribution in [0.4, 0.5) is 4.79 Å². The fourth-order valence-corrected chi connectivity index (χ4v) is 3.85. The second-order valence-corrected chi connectivity index (χ2v) is 7.68. The molecule has 2 aromatic carbocycles. The highest BCUT2D eigenvalue weighted by molar-refractivity contribution is 5.86. The van der Waals surface area contributed by atoms with Crippen LogP contribution in [0.15, 0.2) is 64.8 Å². The van der Waals surface area contributed by atoms with E-state index in [1.165, 1.54) is 0 Å². The molecule has 0 aliphatic carbocycles. The minimum Gasteiger partial charge on any atom is -0.494 e. The number of nitrogens with one attached hydrogen (secondary N) is 1. The molecular weight excluding hydrogens is 404 g/mol. The van der Waals surface area contributed by atoms with E-state index in [1.807, 2.05) is 68.4 Å². The molecule has 0 saturated carbocycles. The summed E-state index contributed by atoms with van der Waals surface area (Å²) >= 11 is 0. The molecule has 166 valence electrons. The number of rotatable bonds is 8. The average Bonchev–Trinajstić information content (AvgIpc) is 3.30. The summed E-state index contributed by atoms with van der Waals surface area (Å²) in [5.74, 6) is 1.71. The molecule has 0 radical (unpaired) electrons. The predicted molar refractivity (Wildman–Crippen MR) is 123 cm³/mol. The summed E-state index contributed by atoms with van der Waals surface area (Å²) in [5, 5.41) is 7.33. The highest BCUT2D eigenvalue weighted by Gasteiger charge is 2.35. The summed E-state index contributed by atoms with van der Waals surface area (Å²) in [7, 11) is 0. The Morgan fingerprint density at radius 1 is 1.09 bits per heavy atom. The van der Waals surface area contributed by atoms with Gasteiger partial charge in [-0.05, 0) is 38.0 Å². The van der Waals surface area contributed by atoms with E-state index in [4.69, 9.17) is 9.26 Å². The molecule has 1 aliphatic heterocycles. The topological polar surface area (TPSA) is 80.5 Å². The Morgan fingerprint density at radius 3 is 2.53 bits per heavy atom. The molecule has 1 atom stereocenters. The van der Waals surface area contributed by atoms with E-state index in [9.17, 15) is 4.79 Å². The monoisotopic (exact) mass is 432 g/mol. The van der Waals surface area contributed by atoms with Gasteiger partial charge in [-0.25, -0.2) is 4.79 Å². The van der Waals surface area contributed by atoms with Crippen molar-refractivity contribution in [3.8, 4) is 17.1 Å². The van der Waals surface area contributed by atoms with Crippen LogP contribution in [0.3, 0.4) is 0 Å². The van der Waals surface area contributed by atoms with Crippen molar-refractivity contribution in [3.63, 3.8) is 0 Å². The van der Waals surface area contributed by atoms with Crippen molar-refractivity contribution in [1.82, 2.24) is 20.4 Å². The summed E-state index contributed by atoms with van der Waals surface area (Å²) in [4.78, 5) is 19.4. The van der Waals surface area contributed by atoms with Gasteiger partial charge in [0.05, 0.1) is 18.2 Å². The van der Waals surface area contributed by atoms with Crippen LogP contribution in [0, 0.1) is 0 Å². The van der Waals surface area contributed by atoms with Crippen LogP contribution >= 0.6 is 0 Å². The quantitative estimate of drug-likeness (QED) is 0.513. The largest absolute Gasteiger partial charge is 0.494 e. The first-order valence-electron chi connectivity index (χ1n) is 11.0. The zero-order chi connectivity index (χ0) is 22.5. The van der Waals surface area contributed by atoms with Gasteiger partial charge in [-0.1, -0.05) is 61.0 Å². The van der Waals surface area contributed by atoms with Gasteiger partial charge in [-0.15, -0.1) is 0 Å². The molecule has 1 aromatic heterocycles. The van der Waals surface area contributed by atoms with E-state index >= 15 is 0 Å². The maximum Gasteiger partial charge on any atom is 0.322 e. The number of amides is 2. The molecule has 0 spiro atoms. The fraction of sp³-hybridized carbons (Fsp3) is 0.320. The van der Waals surface area contributed by atoms with Crippen molar-refractivity contribution >= 4 is 11.6 Å². The molecular formula is C25H28N4O3. The highest BCUT2D eigenvalue weighted by atomic mass is 16.5. The lowest BCUT2D eigenvalue weighted by molar-refractivity contribution is 0.204. The Bertz CT molecular complexity index is 1090. The first kappa shape index (κ1) is 21.6. The van der Waals surface area contributed by atoms with E-state index < -0.39 is 6.04 Å². The zero-order valence-electron chi connectivity index (χ0n) is 18.7. The number of unbranched alkanes of at least 4 members (excludes halogenated alkanes) is 1. The van der Waals surface area contributed by atoms with E-state index in [2.05, 4.69) is 22.4 Å². The Balaban J connectivity index is 1.76. The van der Waals surface area contributed by atoms with Gasteiger partial charge in [0.2, 0.25) is 5.82 Å².